The molecule has 0 radical (unpaired) electrons. The molecular weight excluding hydrogens is 202 g/mol. The van der Waals surface area contributed by atoms with Crippen molar-refractivity contribution in [3.05, 3.63) is 29.3 Å². The molecule has 0 bridgehead atoms. The second-order valence-electron chi connectivity index (χ2n) is 4.00. The second kappa shape index (κ2) is 5.57. The van der Waals surface area contributed by atoms with Gasteiger partial charge in [0.15, 0.2) is 0 Å². The maximum atomic E-state index is 3.37. The zero-order chi connectivity index (χ0) is 10.5. The van der Waals surface area contributed by atoms with Crippen molar-refractivity contribution in [3.63, 3.8) is 0 Å². The molecule has 0 fully saturated rings. The van der Waals surface area contributed by atoms with Gasteiger partial charge in [-0.2, -0.15) is 0 Å². The van der Waals surface area contributed by atoms with Gasteiger partial charge in [-0.3, -0.25) is 0 Å². The Labute approximate surface area is 96.7 Å². The van der Waals surface area contributed by atoms with Crippen LogP contribution in [0.2, 0.25) is 0 Å². The van der Waals surface area contributed by atoms with Crippen LogP contribution >= 0.6 is 11.8 Å². The van der Waals surface area contributed by atoms with E-state index in [-0.39, 0.29) is 0 Å². The van der Waals surface area contributed by atoms with E-state index < -0.39 is 0 Å². The fourth-order valence-electron chi connectivity index (χ4n) is 1.98. The number of fused-ring (bicyclic) bond motifs is 1. The largest absolute Gasteiger partial charge is 0.317 e. The van der Waals surface area contributed by atoms with Gasteiger partial charge in [0.25, 0.3) is 0 Å². The molecule has 0 saturated carbocycles. The zero-order valence-corrected chi connectivity index (χ0v) is 10.2. The lowest BCUT2D eigenvalue weighted by Crippen LogP contribution is -2.16. The van der Waals surface area contributed by atoms with Crippen molar-refractivity contribution in [2.75, 3.05) is 18.8 Å². The van der Waals surface area contributed by atoms with Gasteiger partial charge in [-0.1, -0.05) is 19.1 Å². The molecule has 1 aromatic carbocycles. The van der Waals surface area contributed by atoms with Crippen LogP contribution in [0.4, 0.5) is 0 Å². The van der Waals surface area contributed by atoms with E-state index in [0.717, 1.165) is 19.5 Å². The molecule has 1 N–H and O–H groups in total. The minimum Gasteiger partial charge on any atom is -0.317 e. The number of rotatable bonds is 4. The summed E-state index contributed by atoms with van der Waals surface area (Å²) in [7, 11) is 0. The van der Waals surface area contributed by atoms with Gasteiger partial charge in [0, 0.05) is 4.90 Å². The summed E-state index contributed by atoms with van der Waals surface area (Å²) in [5.41, 5.74) is 3.05. The highest BCUT2D eigenvalue weighted by molar-refractivity contribution is 7.99. The van der Waals surface area contributed by atoms with E-state index in [1.54, 1.807) is 5.56 Å². The SMILES string of the molecule is CCNCCc1ccc2c(c1)CCCS2. The predicted octanol–water partition coefficient (Wildman–Crippen LogP) is 2.88. The smallest absolute Gasteiger partial charge is 0.0104 e. The number of benzene rings is 1. The number of aryl methyl sites for hydroxylation is 1. The summed E-state index contributed by atoms with van der Waals surface area (Å²) in [4.78, 5) is 1.51. The standard InChI is InChI=1S/C13H19NS/c1-2-14-8-7-11-5-6-13-12(10-11)4-3-9-15-13/h5-6,10,14H,2-4,7-9H2,1H3. The zero-order valence-electron chi connectivity index (χ0n) is 9.38. The van der Waals surface area contributed by atoms with E-state index in [1.807, 2.05) is 11.8 Å². The van der Waals surface area contributed by atoms with Gasteiger partial charge in [-0.25, -0.2) is 0 Å². The Bertz CT molecular complexity index is 322. The third-order valence-corrected chi connectivity index (χ3v) is 4.02. The molecule has 0 atom stereocenters. The minimum absolute atomic E-state index is 1.07. The lowest BCUT2D eigenvalue weighted by Gasteiger charge is -2.16. The van der Waals surface area contributed by atoms with Crippen LogP contribution in [0.1, 0.15) is 24.5 Å². The van der Waals surface area contributed by atoms with Gasteiger partial charge < -0.3 is 5.32 Å². The summed E-state index contributed by atoms with van der Waals surface area (Å²) in [6.45, 7) is 4.33. The first kappa shape index (κ1) is 11.0. The fourth-order valence-corrected chi connectivity index (χ4v) is 3.00. The summed E-state index contributed by atoms with van der Waals surface area (Å²) in [6, 6.07) is 6.99. The highest BCUT2D eigenvalue weighted by atomic mass is 32.2. The highest BCUT2D eigenvalue weighted by Crippen LogP contribution is 2.30. The van der Waals surface area contributed by atoms with Crippen LogP contribution in [0.15, 0.2) is 23.1 Å². The van der Waals surface area contributed by atoms with Gasteiger partial charge >= 0.3 is 0 Å². The van der Waals surface area contributed by atoms with Crippen molar-refractivity contribution < 1.29 is 0 Å². The molecule has 1 aromatic rings. The molecule has 1 nitrogen and oxygen atoms in total. The molecule has 0 amide bonds. The first-order valence-electron chi connectivity index (χ1n) is 5.85. The van der Waals surface area contributed by atoms with Crippen molar-refractivity contribution in [2.24, 2.45) is 0 Å². The van der Waals surface area contributed by atoms with Crippen molar-refractivity contribution in [1.82, 2.24) is 5.32 Å². The Hall–Kier alpha value is -0.470. The molecule has 0 spiro atoms. The van der Waals surface area contributed by atoms with Gasteiger partial charge in [0.2, 0.25) is 0 Å². The van der Waals surface area contributed by atoms with E-state index in [4.69, 9.17) is 0 Å². The van der Waals surface area contributed by atoms with Gasteiger partial charge in [0.1, 0.15) is 0 Å². The predicted molar refractivity (Wildman–Crippen MR) is 67.7 cm³/mol. The molecule has 0 saturated heterocycles. The molecular formula is C13H19NS. The van der Waals surface area contributed by atoms with Crippen LogP contribution in [-0.4, -0.2) is 18.8 Å². The third kappa shape index (κ3) is 2.99. The number of hydrogen-bond acceptors (Lipinski definition) is 2. The maximum Gasteiger partial charge on any atom is 0.0104 e. The Balaban J connectivity index is 2.00. The summed E-state index contributed by atoms with van der Waals surface area (Å²) in [6.07, 6.45) is 3.78. The molecule has 1 aliphatic heterocycles. The monoisotopic (exact) mass is 221 g/mol. The van der Waals surface area contributed by atoms with E-state index in [2.05, 4.69) is 30.4 Å². The third-order valence-electron chi connectivity index (χ3n) is 2.81. The molecule has 0 aliphatic carbocycles. The number of likely N-dealkylation sites (N-methyl/N-ethyl adjacent to an activating group) is 1. The fraction of sp³-hybridized carbons (Fsp3) is 0.538. The van der Waals surface area contributed by atoms with Gasteiger partial charge in [0.05, 0.1) is 0 Å². The van der Waals surface area contributed by atoms with E-state index in [0.29, 0.717) is 0 Å². The normalized spacial score (nSPS) is 15.0. The first-order chi connectivity index (χ1) is 7.40. The van der Waals surface area contributed by atoms with Crippen LogP contribution in [0.5, 0.6) is 0 Å². The Morgan fingerprint density at radius 1 is 1.40 bits per heavy atom. The van der Waals surface area contributed by atoms with Crippen molar-refractivity contribution >= 4 is 11.8 Å². The summed E-state index contributed by atoms with van der Waals surface area (Å²) in [5, 5.41) is 3.37. The highest BCUT2D eigenvalue weighted by Gasteiger charge is 2.09. The lowest BCUT2D eigenvalue weighted by molar-refractivity contribution is 0.715. The quantitative estimate of drug-likeness (QED) is 0.785. The van der Waals surface area contributed by atoms with Crippen molar-refractivity contribution in [2.45, 2.75) is 31.1 Å². The van der Waals surface area contributed by atoms with Gasteiger partial charge in [-0.05, 0) is 55.3 Å². The van der Waals surface area contributed by atoms with Crippen LogP contribution in [-0.2, 0) is 12.8 Å². The Kier molecular flexibility index (Phi) is 4.09. The van der Waals surface area contributed by atoms with Gasteiger partial charge in [-0.15, -0.1) is 11.8 Å². The number of nitrogens with one attached hydrogen (secondary N) is 1. The molecule has 0 unspecified atom stereocenters. The van der Waals surface area contributed by atoms with Crippen molar-refractivity contribution in [1.29, 1.82) is 0 Å². The Morgan fingerprint density at radius 3 is 3.20 bits per heavy atom. The summed E-state index contributed by atoms with van der Waals surface area (Å²) in [5.74, 6) is 1.30. The van der Waals surface area contributed by atoms with E-state index in [9.17, 15) is 0 Å². The average molecular weight is 221 g/mol. The first-order valence-corrected chi connectivity index (χ1v) is 6.84. The Morgan fingerprint density at radius 2 is 2.33 bits per heavy atom. The number of thioether (sulfide) groups is 1. The second-order valence-corrected chi connectivity index (χ2v) is 5.13. The number of hydrogen-bond donors (Lipinski definition) is 1. The molecule has 15 heavy (non-hydrogen) atoms. The topological polar surface area (TPSA) is 12.0 Å². The van der Waals surface area contributed by atoms with Crippen LogP contribution < -0.4 is 5.32 Å². The van der Waals surface area contributed by atoms with Crippen LogP contribution in [0.3, 0.4) is 0 Å². The molecule has 0 aromatic heterocycles. The van der Waals surface area contributed by atoms with E-state index in [1.165, 1.54) is 29.1 Å². The summed E-state index contributed by atoms with van der Waals surface area (Å²) < 4.78 is 0. The minimum atomic E-state index is 1.07. The van der Waals surface area contributed by atoms with Crippen molar-refractivity contribution in [3.8, 4) is 0 Å². The maximum absolute atomic E-state index is 3.37. The average Bonchev–Trinajstić information content (AvgIpc) is 2.29. The van der Waals surface area contributed by atoms with E-state index >= 15 is 0 Å². The summed E-state index contributed by atoms with van der Waals surface area (Å²) >= 11 is 2.01. The molecule has 1 aliphatic rings. The van der Waals surface area contributed by atoms with Crippen LogP contribution in [0, 0.1) is 0 Å². The molecule has 1 heterocycles. The lowest BCUT2D eigenvalue weighted by atomic mass is 10.0. The molecule has 2 rings (SSSR count). The molecule has 2 heteroatoms. The van der Waals surface area contributed by atoms with Crippen LogP contribution in [0.25, 0.3) is 0 Å². The molecule has 82 valence electrons.